The highest BCUT2D eigenvalue weighted by Crippen LogP contribution is 2.38. The van der Waals surface area contributed by atoms with Crippen molar-refractivity contribution >= 4 is 0 Å². The van der Waals surface area contributed by atoms with Crippen molar-refractivity contribution in [1.82, 2.24) is 10.1 Å². The fraction of sp³-hybridized carbons (Fsp3) is 0.429. The second-order valence-electron chi connectivity index (χ2n) is 4.65. The maximum atomic E-state index is 8.66. The van der Waals surface area contributed by atoms with Gasteiger partial charge in [0.25, 0.3) is 5.89 Å². The van der Waals surface area contributed by atoms with Crippen molar-refractivity contribution in [1.29, 1.82) is 0 Å². The normalized spacial score (nSPS) is 14.2. The van der Waals surface area contributed by atoms with Gasteiger partial charge in [-0.3, -0.25) is 0 Å². The van der Waals surface area contributed by atoms with Crippen molar-refractivity contribution < 1.29 is 19.1 Å². The predicted octanol–water partition coefficient (Wildman–Crippen LogP) is 1.90. The van der Waals surface area contributed by atoms with Crippen molar-refractivity contribution in [2.45, 2.75) is 25.4 Å². The van der Waals surface area contributed by atoms with Crippen LogP contribution in [0.1, 0.15) is 30.5 Å². The molecule has 1 aromatic heterocycles. The minimum atomic E-state index is -0.00125. The molecule has 1 fully saturated rings. The van der Waals surface area contributed by atoms with Gasteiger partial charge in [0.1, 0.15) is 18.1 Å². The molecule has 0 aliphatic heterocycles. The fourth-order valence-electron chi connectivity index (χ4n) is 1.77. The number of aromatic nitrogens is 2. The van der Waals surface area contributed by atoms with E-state index in [1.54, 1.807) is 24.3 Å². The Morgan fingerprint density at radius 2 is 1.85 bits per heavy atom. The van der Waals surface area contributed by atoms with Gasteiger partial charge in [0.05, 0.1) is 6.61 Å². The Kier molecular flexibility index (Phi) is 3.83. The van der Waals surface area contributed by atoms with E-state index < -0.39 is 0 Å². The van der Waals surface area contributed by atoms with Gasteiger partial charge in [-0.25, -0.2) is 0 Å². The van der Waals surface area contributed by atoms with Crippen molar-refractivity contribution in [3.8, 4) is 11.5 Å². The summed E-state index contributed by atoms with van der Waals surface area (Å²) in [6, 6.07) is 7.17. The summed E-state index contributed by atoms with van der Waals surface area (Å²) in [4.78, 5) is 4.29. The number of hydrogen-bond donors (Lipinski definition) is 1. The van der Waals surface area contributed by atoms with E-state index in [1.165, 1.54) is 0 Å². The molecular weight excluding hydrogens is 260 g/mol. The first kappa shape index (κ1) is 12.9. The Morgan fingerprint density at radius 3 is 2.50 bits per heavy atom. The number of aliphatic hydroxyl groups is 1. The van der Waals surface area contributed by atoms with Crippen molar-refractivity contribution in [2.75, 3.05) is 13.2 Å². The molecule has 0 unspecified atom stereocenters. The quantitative estimate of drug-likeness (QED) is 0.832. The molecule has 1 aliphatic carbocycles. The number of rotatable bonds is 7. The zero-order valence-electron chi connectivity index (χ0n) is 11.0. The van der Waals surface area contributed by atoms with E-state index in [-0.39, 0.29) is 19.8 Å². The topological polar surface area (TPSA) is 77.6 Å². The van der Waals surface area contributed by atoms with E-state index in [9.17, 15) is 0 Å². The van der Waals surface area contributed by atoms with Crippen LogP contribution in [0.5, 0.6) is 11.5 Å². The first-order valence-electron chi connectivity index (χ1n) is 6.64. The lowest BCUT2D eigenvalue weighted by Crippen LogP contribution is -2.01. The Bertz CT molecular complexity index is 549. The zero-order valence-corrected chi connectivity index (χ0v) is 11.0. The van der Waals surface area contributed by atoms with Gasteiger partial charge in [0, 0.05) is 5.92 Å². The molecule has 0 atom stereocenters. The number of nitrogens with zero attached hydrogens (tertiary/aromatic N) is 2. The molecule has 20 heavy (non-hydrogen) atoms. The van der Waals surface area contributed by atoms with Crippen LogP contribution in [0.25, 0.3) is 0 Å². The number of benzene rings is 1. The summed E-state index contributed by atoms with van der Waals surface area (Å²) in [7, 11) is 0. The third-order valence-electron chi connectivity index (χ3n) is 2.97. The van der Waals surface area contributed by atoms with Crippen molar-refractivity contribution in [3.05, 3.63) is 36.0 Å². The molecule has 0 spiro atoms. The molecular formula is C14H16N2O4. The molecule has 3 rings (SSSR count). The molecule has 1 aliphatic rings. The van der Waals surface area contributed by atoms with Gasteiger partial charge in [-0.2, -0.15) is 4.98 Å². The Labute approximate surface area is 116 Å². The minimum absolute atomic E-state index is 0.00125. The largest absolute Gasteiger partial charge is 0.491 e. The molecule has 106 valence electrons. The molecule has 0 bridgehead atoms. The molecule has 0 amide bonds. The van der Waals surface area contributed by atoms with E-state index in [0.29, 0.717) is 23.3 Å². The lowest BCUT2D eigenvalue weighted by atomic mass is 10.3. The summed E-state index contributed by atoms with van der Waals surface area (Å²) in [5.41, 5.74) is 0. The van der Waals surface area contributed by atoms with E-state index in [2.05, 4.69) is 10.1 Å². The second-order valence-corrected chi connectivity index (χ2v) is 4.65. The SMILES string of the molecule is OCCOc1ccc(OCc2nc(C3CC3)no2)cc1. The van der Waals surface area contributed by atoms with Gasteiger partial charge >= 0.3 is 0 Å². The smallest absolute Gasteiger partial charge is 0.264 e. The summed E-state index contributed by atoms with van der Waals surface area (Å²) >= 11 is 0. The third-order valence-corrected chi connectivity index (χ3v) is 2.97. The molecule has 1 saturated carbocycles. The molecule has 6 nitrogen and oxygen atoms in total. The number of aliphatic hydroxyl groups excluding tert-OH is 1. The molecule has 2 aromatic rings. The maximum Gasteiger partial charge on any atom is 0.264 e. The summed E-state index contributed by atoms with van der Waals surface area (Å²) < 4.78 is 16.0. The predicted molar refractivity (Wildman–Crippen MR) is 69.6 cm³/mol. The monoisotopic (exact) mass is 276 g/mol. The van der Waals surface area contributed by atoms with Crippen LogP contribution in [0, 0.1) is 0 Å². The van der Waals surface area contributed by atoms with Gasteiger partial charge in [0.2, 0.25) is 0 Å². The van der Waals surface area contributed by atoms with E-state index in [4.69, 9.17) is 19.1 Å². The minimum Gasteiger partial charge on any atom is -0.491 e. The first-order valence-corrected chi connectivity index (χ1v) is 6.64. The zero-order chi connectivity index (χ0) is 13.8. The average molecular weight is 276 g/mol. The summed E-state index contributed by atoms with van der Waals surface area (Å²) in [5, 5.41) is 12.6. The molecule has 1 N–H and O–H groups in total. The van der Waals surface area contributed by atoms with Crippen LogP contribution < -0.4 is 9.47 Å². The molecule has 6 heteroatoms. The summed E-state index contributed by atoms with van der Waals surface area (Å²) in [5.74, 6) is 3.16. The average Bonchev–Trinajstić information content (AvgIpc) is 3.23. The van der Waals surface area contributed by atoms with Crippen LogP contribution in [0.2, 0.25) is 0 Å². The van der Waals surface area contributed by atoms with Crippen molar-refractivity contribution in [2.24, 2.45) is 0 Å². The second kappa shape index (κ2) is 5.92. The van der Waals surface area contributed by atoms with Crippen LogP contribution in [-0.2, 0) is 6.61 Å². The van der Waals surface area contributed by atoms with Crippen LogP contribution in [-0.4, -0.2) is 28.5 Å². The standard InChI is InChI=1S/C14H16N2O4/c17-7-8-18-11-3-5-12(6-4-11)19-9-13-15-14(16-20-13)10-1-2-10/h3-6,10,17H,1-2,7-9H2. The molecule has 0 radical (unpaired) electrons. The van der Waals surface area contributed by atoms with Crippen molar-refractivity contribution in [3.63, 3.8) is 0 Å². The summed E-state index contributed by atoms with van der Waals surface area (Å²) in [6.45, 7) is 0.543. The van der Waals surface area contributed by atoms with Crippen LogP contribution >= 0.6 is 0 Å². The van der Waals surface area contributed by atoms with Crippen LogP contribution in [0.3, 0.4) is 0 Å². The molecule has 1 heterocycles. The highest BCUT2D eigenvalue weighted by Gasteiger charge is 2.28. The van der Waals surface area contributed by atoms with E-state index >= 15 is 0 Å². The third kappa shape index (κ3) is 3.27. The Balaban J connectivity index is 1.51. The highest BCUT2D eigenvalue weighted by atomic mass is 16.5. The Hall–Kier alpha value is -2.08. The first-order chi connectivity index (χ1) is 9.85. The van der Waals surface area contributed by atoms with Gasteiger partial charge in [-0.05, 0) is 37.1 Å². The highest BCUT2D eigenvalue weighted by molar-refractivity contribution is 5.31. The fourth-order valence-corrected chi connectivity index (χ4v) is 1.77. The summed E-state index contributed by atoms with van der Waals surface area (Å²) in [6.07, 6.45) is 2.30. The van der Waals surface area contributed by atoms with Gasteiger partial charge < -0.3 is 19.1 Å². The molecule has 1 aromatic carbocycles. The van der Waals surface area contributed by atoms with Crippen LogP contribution in [0.4, 0.5) is 0 Å². The Morgan fingerprint density at radius 1 is 1.15 bits per heavy atom. The van der Waals surface area contributed by atoms with Gasteiger partial charge in [0.15, 0.2) is 12.4 Å². The molecule has 0 saturated heterocycles. The van der Waals surface area contributed by atoms with Gasteiger partial charge in [-0.15, -0.1) is 0 Å². The van der Waals surface area contributed by atoms with E-state index in [1.807, 2.05) is 0 Å². The maximum absolute atomic E-state index is 8.66. The van der Waals surface area contributed by atoms with Crippen LogP contribution in [0.15, 0.2) is 28.8 Å². The number of hydrogen-bond acceptors (Lipinski definition) is 6. The van der Waals surface area contributed by atoms with Gasteiger partial charge in [-0.1, -0.05) is 5.16 Å². The number of ether oxygens (including phenoxy) is 2. The lowest BCUT2D eigenvalue weighted by molar-refractivity contribution is 0.201. The van der Waals surface area contributed by atoms with E-state index in [0.717, 1.165) is 18.7 Å². The lowest BCUT2D eigenvalue weighted by Gasteiger charge is -2.06.